The van der Waals surface area contributed by atoms with Gasteiger partial charge in [-0.2, -0.15) is 0 Å². The van der Waals surface area contributed by atoms with Crippen LogP contribution in [-0.2, 0) is 6.61 Å². The molecule has 2 heteroatoms. The molecule has 0 aliphatic heterocycles. The molecule has 0 amide bonds. The van der Waals surface area contributed by atoms with E-state index in [1.54, 1.807) is 0 Å². The second-order valence-corrected chi connectivity index (χ2v) is 6.17. The number of benzene rings is 2. The summed E-state index contributed by atoms with van der Waals surface area (Å²) < 4.78 is 6.03. The minimum Gasteiger partial charge on any atom is -0.488 e. The molecule has 2 atom stereocenters. The minimum atomic E-state index is 0.0885. The Hall–Kier alpha value is -1.80. The Kier molecular flexibility index (Phi) is 5.62. The van der Waals surface area contributed by atoms with Crippen LogP contribution in [0, 0.1) is 19.8 Å². The quantitative estimate of drug-likeness (QED) is 0.820. The molecule has 0 aliphatic carbocycles. The van der Waals surface area contributed by atoms with Gasteiger partial charge in [0.25, 0.3) is 0 Å². The summed E-state index contributed by atoms with van der Waals surface area (Å²) in [6.45, 7) is 9.18. The van der Waals surface area contributed by atoms with Crippen molar-refractivity contribution in [3.05, 3.63) is 64.7 Å². The molecule has 2 aromatic carbocycles. The van der Waals surface area contributed by atoms with Gasteiger partial charge in [-0.15, -0.1) is 0 Å². The summed E-state index contributed by atoms with van der Waals surface area (Å²) in [6, 6.07) is 14.7. The highest BCUT2D eigenvalue weighted by Gasteiger charge is 2.16. The molecule has 0 saturated heterocycles. The van der Waals surface area contributed by atoms with Gasteiger partial charge in [0, 0.05) is 6.04 Å². The number of rotatable bonds is 6. The van der Waals surface area contributed by atoms with Gasteiger partial charge < -0.3 is 10.5 Å². The molecule has 2 nitrogen and oxygen atoms in total. The van der Waals surface area contributed by atoms with E-state index < -0.39 is 0 Å². The summed E-state index contributed by atoms with van der Waals surface area (Å²) in [5, 5.41) is 0. The molecule has 0 radical (unpaired) electrons. The van der Waals surface area contributed by atoms with Gasteiger partial charge in [0.15, 0.2) is 0 Å². The van der Waals surface area contributed by atoms with Crippen LogP contribution >= 0.6 is 0 Å². The van der Waals surface area contributed by atoms with Gasteiger partial charge >= 0.3 is 0 Å². The maximum Gasteiger partial charge on any atom is 0.125 e. The molecule has 0 heterocycles. The molecular weight excluding hydrogens is 270 g/mol. The molecule has 2 rings (SSSR count). The van der Waals surface area contributed by atoms with Crippen molar-refractivity contribution in [3.8, 4) is 5.75 Å². The summed E-state index contributed by atoms with van der Waals surface area (Å²) in [6.07, 6.45) is 1.09. The van der Waals surface area contributed by atoms with Crippen molar-refractivity contribution in [1.29, 1.82) is 0 Å². The first-order chi connectivity index (χ1) is 10.5. The third kappa shape index (κ3) is 3.89. The van der Waals surface area contributed by atoms with Gasteiger partial charge in [-0.1, -0.05) is 62.7 Å². The largest absolute Gasteiger partial charge is 0.488 e. The van der Waals surface area contributed by atoms with Crippen molar-refractivity contribution in [2.75, 3.05) is 0 Å². The average molecular weight is 297 g/mol. The average Bonchev–Trinajstić information content (AvgIpc) is 2.53. The lowest BCUT2D eigenvalue weighted by molar-refractivity contribution is 0.301. The molecule has 22 heavy (non-hydrogen) atoms. The molecule has 2 N–H and O–H groups in total. The topological polar surface area (TPSA) is 35.2 Å². The molecule has 118 valence electrons. The standard InChI is InChI=1S/C20H27NO/c1-5-14(2)19(21)18-11-15(3)20(16(4)12-18)22-13-17-9-7-6-8-10-17/h6-12,14,19H,5,13,21H2,1-4H3/t14?,19-/m1/s1. The number of nitrogens with two attached hydrogens (primary N) is 1. The highest BCUT2D eigenvalue weighted by molar-refractivity contribution is 5.44. The number of aryl methyl sites for hydroxylation is 2. The van der Waals surface area contributed by atoms with E-state index in [-0.39, 0.29) is 6.04 Å². The Morgan fingerprint density at radius 3 is 2.18 bits per heavy atom. The maximum atomic E-state index is 6.36. The van der Waals surface area contributed by atoms with Gasteiger partial charge in [-0.3, -0.25) is 0 Å². The third-order valence-corrected chi connectivity index (χ3v) is 4.35. The van der Waals surface area contributed by atoms with Crippen LogP contribution in [0.5, 0.6) is 5.75 Å². The van der Waals surface area contributed by atoms with Crippen LogP contribution in [0.25, 0.3) is 0 Å². The summed E-state index contributed by atoms with van der Waals surface area (Å²) >= 11 is 0. The van der Waals surface area contributed by atoms with E-state index in [2.05, 4.69) is 52.0 Å². The van der Waals surface area contributed by atoms with Crippen LogP contribution in [0.2, 0.25) is 0 Å². The molecule has 0 saturated carbocycles. The van der Waals surface area contributed by atoms with Gasteiger partial charge in [-0.05, 0) is 42.0 Å². The van der Waals surface area contributed by atoms with Gasteiger partial charge in [0.05, 0.1) is 0 Å². The van der Waals surface area contributed by atoms with Crippen LogP contribution in [0.15, 0.2) is 42.5 Å². The number of ether oxygens (including phenoxy) is 1. The molecular formula is C20H27NO. The van der Waals surface area contributed by atoms with E-state index in [0.29, 0.717) is 12.5 Å². The van der Waals surface area contributed by atoms with Crippen molar-refractivity contribution in [2.45, 2.75) is 46.8 Å². The van der Waals surface area contributed by atoms with Crippen molar-refractivity contribution in [1.82, 2.24) is 0 Å². The first-order valence-electron chi connectivity index (χ1n) is 8.06. The van der Waals surface area contributed by atoms with Crippen LogP contribution in [0.3, 0.4) is 0 Å². The predicted molar refractivity (Wildman–Crippen MR) is 93.1 cm³/mol. The van der Waals surface area contributed by atoms with E-state index in [4.69, 9.17) is 10.5 Å². The molecule has 0 fully saturated rings. The monoisotopic (exact) mass is 297 g/mol. The summed E-state index contributed by atoms with van der Waals surface area (Å²) in [5.41, 5.74) is 11.1. The molecule has 1 unspecified atom stereocenters. The van der Waals surface area contributed by atoms with Crippen LogP contribution < -0.4 is 10.5 Å². The Morgan fingerprint density at radius 1 is 1.05 bits per heavy atom. The second-order valence-electron chi connectivity index (χ2n) is 6.17. The lowest BCUT2D eigenvalue weighted by atomic mass is 9.91. The van der Waals surface area contributed by atoms with Gasteiger partial charge in [0.1, 0.15) is 12.4 Å². The molecule has 0 spiro atoms. The first kappa shape index (κ1) is 16.6. The fraction of sp³-hybridized carbons (Fsp3) is 0.400. The highest BCUT2D eigenvalue weighted by Crippen LogP contribution is 2.30. The van der Waals surface area contributed by atoms with E-state index in [9.17, 15) is 0 Å². The summed E-state index contributed by atoms with van der Waals surface area (Å²) in [7, 11) is 0. The van der Waals surface area contributed by atoms with Crippen LogP contribution in [-0.4, -0.2) is 0 Å². The molecule has 0 aromatic heterocycles. The SMILES string of the molecule is CCC(C)[C@@H](N)c1cc(C)c(OCc2ccccc2)c(C)c1. The zero-order chi connectivity index (χ0) is 16.1. The van der Waals surface area contributed by atoms with Crippen molar-refractivity contribution in [2.24, 2.45) is 11.7 Å². The van der Waals surface area contributed by atoms with Crippen molar-refractivity contribution >= 4 is 0 Å². The Bertz CT molecular complexity index is 583. The van der Waals surface area contributed by atoms with Crippen LogP contribution in [0.4, 0.5) is 0 Å². The predicted octanol–water partition coefficient (Wildman–Crippen LogP) is 4.93. The number of hydrogen-bond donors (Lipinski definition) is 1. The Balaban J connectivity index is 2.16. The number of hydrogen-bond acceptors (Lipinski definition) is 2. The first-order valence-corrected chi connectivity index (χ1v) is 8.06. The fourth-order valence-corrected chi connectivity index (χ4v) is 2.72. The van der Waals surface area contributed by atoms with E-state index in [1.807, 2.05) is 18.2 Å². The third-order valence-electron chi connectivity index (χ3n) is 4.35. The Morgan fingerprint density at radius 2 is 1.64 bits per heavy atom. The fourth-order valence-electron chi connectivity index (χ4n) is 2.72. The molecule has 0 bridgehead atoms. The van der Waals surface area contributed by atoms with Gasteiger partial charge in [0.2, 0.25) is 0 Å². The second kappa shape index (κ2) is 7.46. The Labute approximate surface area is 134 Å². The van der Waals surface area contributed by atoms with Crippen LogP contribution in [0.1, 0.15) is 48.6 Å². The zero-order valence-electron chi connectivity index (χ0n) is 14.1. The van der Waals surface area contributed by atoms with E-state index in [0.717, 1.165) is 23.3 Å². The summed E-state index contributed by atoms with van der Waals surface area (Å²) in [4.78, 5) is 0. The molecule has 2 aromatic rings. The van der Waals surface area contributed by atoms with Crippen molar-refractivity contribution < 1.29 is 4.74 Å². The highest BCUT2D eigenvalue weighted by atomic mass is 16.5. The lowest BCUT2D eigenvalue weighted by Crippen LogP contribution is -2.19. The van der Waals surface area contributed by atoms with E-state index in [1.165, 1.54) is 11.1 Å². The summed E-state index contributed by atoms with van der Waals surface area (Å²) in [5.74, 6) is 1.46. The lowest BCUT2D eigenvalue weighted by Gasteiger charge is -2.21. The normalized spacial score (nSPS) is 13.7. The van der Waals surface area contributed by atoms with E-state index >= 15 is 0 Å². The van der Waals surface area contributed by atoms with Gasteiger partial charge in [-0.25, -0.2) is 0 Å². The zero-order valence-corrected chi connectivity index (χ0v) is 14.1. The smallest absolute Gasteiger partial charge is 0.125 e. The molecule has 0 aliphatic rings. The minimum absolute atomic E-state index is 0.0885. The van der Waals surface area contributed by atoms with Crippen molar-refractivity contribution in [3.63, 3.8) is 0 Å². The maximum absolute atomic E-state index is 6.36.